The number of amides is 1. The molecule has 6 nitrogen and oxygen atoms in total. The fourth-order valence-corrected chi connectivity index (χ4v) is 4.87. The highest BCUT2D eigenvalue weighted by molar-refractivity contribution is 5.92. The van der Waals surface area contributed by atoms with Gasteiger partial charge in [0.15, 0.2) is 5.76 Å². The minimum atomic E-state index is -5.08. The molecule has 1 aliphatic carbocycles. The lowest BCUT2D eigenvalue weighted by atomic mass is 9.94. The standard InChI is InChI=1S/C24H24N2O2.C2HF3O2/c1-16-11-12-22(28-16)24(27)25-23-19-10-6-5-9-18(19)20-14-26(15-21(20)23)13-17-7-3-2-4-8-17;3-2(4,5)1(6)7/h2-12,20-21,23H,13-15H2,1H3,(H,25,27);(H,6,7)/t20-,21-,23+;/m0./s1. The molecular weight excluding hydrogens is 461 g/mol. The van der Waals surface area contributed by atoms with E-state index in [9.17, 15) is 18.0 Å². The third kappa shape index (κ3) is 5.57. The van der Waals surface area contributed by atoms with E-state index in [1.807, 2.05) is 13.0 Å². The number of fused-ring (bicyclic) bond motifs is 3. The number of carbonyl (C=O) groups excluding carboxylic acids is 1. The van der Waals surface area contributed by atoms with Crippen LogP contribution in [-0.4, -0.2) is 41.1 Å². The molecule has 3 aromatic rings. The molecule has 2 aliphatic rings. The van der Waals surface area contributed by atoms with Gasteiger partial charge in [-0.3, -0.25) is 9.69 Å². The molecule has 2 N–H and O–H groups in total. The maximum Gasteiger partial charge on any atom is 0.490 e. The van der Waals surface area contributed by atoms with Crippen molar-refractivity contribution in [3.63, 3.8) is 0 Å². The molecule has 2 heterocycles. The predicted molar refractivity (Wildman–Crippen MR) is 122 cm³/mol. The van der Waals surface area contributed by atoms with E-state index in [-0.39, 0.29) is 11.9 Å². The van der Waals surface area contributed by atoms with Crippen molar-refractivity contribution in [2.24, 2.45) is 5.92 Å². The summed E-state index contributed by atoms with van der Waals surface area (Å²) in [6.45, 7) is 4.82. The van der Waals surface area contributed by atoms with Gasteiger partial charge in [-0.25, -0.2) is 4.79 Å². The van der Waals surface area contributed by atoms with E-state index in [0.29, 0.717) is 17.6 Å². The third-order valence-electron chi connectivity index (χ3n) is 6.34. The number of carboxylic acid groups (broad SMARTS) is 1. The highest BCUT2D eigenvalue weighted by Gasteiger charge is 2.46. The van der Waals surface area contributed by atoms with Crippen LogP contribution in [-0.2, 0) is 11.3 Å². The molecular formula is C26H25F3N2O4. The van der Waals surface area contributed by atoms with E-state index >= 15 is 0 Å². The third-order valence-corrected chi connectivity index (χ3v) is 6.34. The Kier molecular flexibility index (Phi) is 6.98. The van der Waals surface area contributed by atoms with Gasteiger partial charge in [-0.05, 0) is 35.7 Å². The number of nitrogens with zero attached hydrogens (tertiary/aromatic N) is 1. The number of rotatable bonds is 4. The maximum absolute atomic E-state index is 12.8. The molecule has 0 radical (unpaired) electrons. The van der Waals surface area contributed by atoms with Crippen LogP contribution in [0.4, 0.5) is 13.2 Å². The van der Waals surface area contributed by atoms with Crippen LogP contribution in [0.25, 0.3) is 0 Å². The number of carbonyl (C=O) groups is 2. The number of benzene rings is 2. The van der Waals surface area contributed by atoms with Crippen molar-refractivity contribution >= 4 is 11.9 Å². The number of aliphatic carboxylic acids is 1. The molecule has 1 aromatic heterocycles. The van der Waals surface area contributed by atoms with Crippen LogP contribution in [0.3, 0.4) is 0 Å². The fourth-order valence-electron chi connectivity index (χ4n) is 4.87. The van der Waals surface area contributed by atoms with Gasteiger partial charge in [0.05, 0.1) is 6.04 Å². The number of furan rings is 1. The van der Waals surface area contributed by atoms with Gasteiger partial charge < -0.3 is 14.8 Å². The summed E-state index contributed by atoms with van der Waals surface area (Å²) in [5.41, 5.74) is 3.97. The summed E-state index contributed by atoms with van der Waals surface area (Å²) < 4.78 is 37.3. The number of hydrogen-bond donors (Lipinski definition) is 2. The molecule has 1 fully saturated rings. The van der Waals surface area contributed by atoms with E-state index in [0.717, 1.165) is 25.4 Å². The summed E-state index contributed by atoms with van der Waals surface area (Å²) in [5.74, 6) is -0.894. The first-order chi connectivity index (χ1) is 16.6. The van der Waals surface area contributed by atoms with Crippen LogP contribution in [0, 0.1) is 12.8 Å². The molecule has 0 saturated carbocycles. The molecule has 0 spiro atoms. The molecule has 0 bridgehead atoms. The van der Waals surface area contributed by atoms with Crippen molar-refractivity contribution in [3.05, 3.63) is 94.9 Å². The van der Waals surface area contributed by atoms with Crippen LogP contribution in [0.15, 0.2) is 71.1 Å². The second kappa shape index (κ2) is 9.95. The zero-order valence-corrected chi connectivity index (χ0v) is 19.0. The first-order valence-electron chi connectivity index (χ1n) is 11.2. The molecule has 1 aliphatic heterocycles. The molecule has 5 rings (SSSR count). The van der Waals surface area contributed by atoms with Gasteiger partial charge in [0.2, 0.25) is 0 Å². The maximum atomic E-state index is 12.8. The smallest absolute Gasteiger partial charge is 0.475 e. The van der Waals surface area contributed by atoms with E-state index in [1.54, 1.807) is 6.07 Å². The van der Waals surface area contributed by atoms with Crippen molar-refractivity contribution in [1.82, 2.24) is 10.2 Å². The molecule has 3 atom stereocenters. The van der Waals surface area contributed by atoms with Crippen LogP contribution in [0.1, 0.15) is 45.0 Å². The Morgan fingerprint density at radius 2 is 1.63 bits per heavy atom. The van der Waals surface area contributed by atoms with E-state index in [1.165, 1.54) is 16.7 Å². The lowest BCUT2D eigenvalue weighted by Gasteiger charge is -2.22. The van der Waals surface area contributed by atoms with Crippen LogP contribution >= 0.6 is 0 Å². The van der Waals surface area contributed by atoms with Crippen LogP contribution < -0.4 is 5.32 Å². The van der Waals surface area contributed by atoms with Crippen molar-refractivity contribution in [2.45, 2.75) is 31.6 Å². The van der Waals surface area contributed by atoms with Crippen molar-refractivity contribution in [2.75, 3.05) is 13.1 Å². The average Bonchev–Trinajstić information content (AvgIpc) is 3.50. The minimum Gasteiger partial charge on any atom is -0.475 e. The van der Waals surface area contributed by atoms with Gasteiger partial charge >= 0.3 is 12.1 Å². The van der Waals surface area contributed by atoms with Crippen molar-refractivity contribution in [1.29, 1.82) is 0 Å². The number of alkyl halides is 3. The molecule has 1 saturated heterocycles. The molecule has 35 heavy (non-hydrogen) atoms. The Balaban J connectivity index is 0.000000364. The van der Waals surface area contributed by atoms with E-state index in [4.69, 9.17) is 14.3 Å². The Labute approximate surface area is 200 Å². The van der Waals surface area contributed by atoms with Gasteiger partial charge in [0.25, 0.3) is 5.91 Å². The van der Waals surface area contributed by atoms with E-state index in [2.05, 4.69) is 64.8 Å². The van der Waals surface area contributed by atoms with Crippen molar-refractivity contribution < 1.29 is 32.3 Å². The quantitative estimate of drug-likeness (QED) is 0.547. The van der Waals surface area contributed by atoms with Crippen molar-refractivity contribution in [3.8, 4) is 0 Å². The minimum absolute atomic E-state index is 0.0277. The van der Waals surface area contributed by atoms with Gasteiger partial charge in [0, 0.05) is 31.5 Å². The monoisotopic (exact) mass is 486 g/mol. The van der Waals surface area contributed by atoms with Gasteiger partial charge in [-0.2, -0.15) is 13.2 Å². The van der Waals surface area contributed by atoms with E-state index < -0.39 is 12.1 Å². The van der Waals surface area contributed by atoms with Gasteiger partial charge in [-0.15, -0.1) is 0 Å². The number of carboxylic acids is 1. The molecule has 1 amide bonds. The largest absolute Gasteiger partial charge is 0.490 e. The SMILES string of the molecule is Cc1ccc(C(=O)N[C@@H]2c3ccccc3[C@@H]3CN(Cc4ccccc4)C[C@H]23)o1.O=C(O)C(F)(F)F. The number of halogens is 3. The summed E-state index contributed by atoms with van der Waals surface area (Å²) in [6, 6.07) is 22.8. The summed E-state index contributed by atoms with van der Waals surface area (Å²) in [6.07, 6.45) is -5.08. The number of hydrogen-bond acceptors (Lipinski definition) is 4. The Morgan fingerprint density at radius 3 is 2.23 bits per heavy atom. The van der Waals surface area contributed by atoms with Crippen LogP contribution in [0.5, 0.6) is 0 Å². The lowest BCUT2D eigenvalue weighted by Crippen LogP contribution is -2.33. The average molecular weight is 486 g/mol. The molecule has 9 heteroatoms. The highest BCUT2D eigenvalue weighted by Crippen LogP contribution is 2.49. The zero-order chi connectivity index (χ0) is 25.2. The Bertz CT molecular complexity index is 1190. The summed E-state index contributed by atoms with van der Waals surface area (Å²) in [5, 5.41) is 10.4. The van der Waals surface area contributed by atoms with Crippen LogP contribution in [0.2, 0.25) is 0 Å². The molecule has 0 unspecified atom stereocenters. The Morgan fingerprint density at radius 1 is 1.00 bits per heavy atom. The summed E-state index contributed by atoms with van der Waals surface area (Å²) in [4.78, 5) is 24.2. The first-order valence-corrected chi connectivity index (χ1v) is 11.2. The lowest BCUT2D eigenvalue weighted by molar-refractivity contribution is -0.192. The van der Waals surface area contributed by atoms with Gasteiger partial charge in [0.1, 0.15) is 5.76 Å². The second-order valence-corrected chi connectivity index (χ2v) is 8.74. The molecule has 184 valence electrons. The van der Waals surface area contributed by atoms with Gasteiger partial charge in [-0.1, -0.05) is 54.6 Å². The Hall–Kier alpha value is -3.59. The normalized spacial score (nSPS) is 21.0. The zero-order valence-electron chi connectivity index (χ0n) is 19.0. The summed E-state index contributed by atoms with van der Waals surface area (Å²) in [7, 11) is 0. The number of aryl methyl sites for hydroxylation is 1. The fraction of sp³-hybridized carbons (Fsp3) is 0.308. The molecule has 2 aromatic carbocycles. The second-order valence-electron chi connectivity index (χ2n) is 8.74. The number of nitrogens with one attached hydrogen (secondary N) is 1. The first kappa shape index (κ1) is 24.5. The topological polar surface area (TPSA) is 82.8 Å². The highest BCUT2D eigenvalue weighted by atomic mass is 19.4. The summed E-state index contributed by atoms with van der Waals surface area (Å²) >= 11 is 0. The predicted octanol–water partition coefficient (Wildman–Crippen LogP) is 4.92. The number of likely N-dealkylation sites (tertiary alicyclic amines) is 1.